The predicted octanol–water partition coefficient (Wildman–Crippen LogP) is 1.73. The van der Waals surface area contributed by atoms with Crippen molar-refractivity contribution >= 4 is 12.0 Å². The standard InChI is InChI=1S/C12H22N2O3/c1-2-12(6-3-4-7-12)9-14-11(17)13-8-5-10(15)16/h2-9H2,1H3,(H,15,16)(H2,13,14,17). The van der Waals surface area contributed by atoms with E-state index in [9.17, 15) is 9.59 Å². The van der Waals surface area contributed by atoms with E-state index in [2.05, 4.69) is 17.6 Å². The molecule has 0 radical (unpaired) electrons. The van der Waals surface area contributed by atoms with E-state index in [-0.39, 0.29) is 24.4 Å². The Morgan fingerprint density at radius 1 is 1.24 bits per heavy atom. The predicted molar refractivity (Wildman–Crippen MR) is 64.8 cm³/mol. The molecule has 0 atom stereocenters. The Hall–Kier alpha value is -1.26. The quantitative estimate of drug-likeness (QED) is 0.663. The van der Waals surface area contributed by atoms with Crippen LogP contribution in [0.4, 0.5) is 4.79 Å². The minimum atomic E-state index is -0.897. The molecule has 1 aliphatic carbocycles. The zero-order valence-electron chi connectivity index (χ0n) is 10.4. The first-order chi connectivity index (χ1) is 8.08. The number of carbonyl (C=O) groups excluding carboxylic acids is 1. The molecule has 1 fully saturated rings. The zero-order chi connectivity index (χ0) is 12.7. The van der Waals surface area contributed by atoms with Crippen molar-refractivity contribution in [1.82, 2.24) is 10.6 Å². The Morgan fingerprint density at radius 3 is 2.41 bits per heavy atom. The Bertz CT molecular complexity index is 273. The van der Waals surface area contributed by atoms with Gasteiger partial charge in [-0.1, -0.05) is 19.8 Å². The number of carboxylic acids is 1. The van der Waals surface area contributed by atoms with Crippen molar-refractivity contribution < 1.29 is 14.7 Å². The van der Waals surface area contributed by atoms with Gasteiger partial charge < -0.3 is 15.7 Å². The van der Waals surface area contributed by atoms with Crippen molar-refractivity contribution in [2.45, 2.75) is 45.4 Å². The summed E-state index contributed by atoms with van der Waals surface area (Å²) in [5.74, 6) is -0.897. The van der Waals surface area contributed by atoms with Crippen molar-refractivity contribution in [2.75, 3.05) is 13.1 Å². The summed E-state index contributed by atoms with van der Waals surface area (Å²) in [6.45, 7) is 3.04. The molecule has 0 bridgehead atoms. The van der Waals surface area contributed by atoms with E-state index < -0.39 is 5.97 Å². The Morgan fingerprint density at radius 2 is 1.88 bits per heavy atom. The molecule has 17 heavy (non-hydrogen) atoms. The summed E-state index contributed by atoms with van der Waals surface area (Å²) < 4.78 is 0. The second-order valence-electron chi connectivity index (χ2n) is 4.81. The first kappa shape index (κ1) is 13.8. The molecule has 0 heterocycles. The minimum Gasteiger partial charge on any atom is -0.481 e. The van der Waals surface area contributed by atoms with Gasteiger partial charge in [-0.3, -0.25) is 4.79 Å². The van der Waals surface area contributed by atoms with Crippen LogP contribution in [0.2, 0.25) is 0 Å². The third kappa shape index (κ3) is 4.63. The van der Waals surface area contributed by atoms with Gasteiger partial charge in [-0.2, -0.15) is 0 Å². The highest BCUT2D eigenvalue weighted by Gasteiger charge is 2.32. The van der Waals surface area contributed by atoms with Gasteiger partial charge in [0.15, 0.2) is 0 Å². The fourth-order valence-corrected chi connectivity index (χ4v) is 2.39. The number of aliphatic carboxylic acids is 1. The normalized spacial score (nSPS) is 17.7. The number of carboxylic acid groups (broad SMARTS) is 1. The number of amides is 2. The molecule has 3 N–H and O–H groups in total. The van der Waals surface area contributed by atoms with Crippen molar-refractivity contribution in [3.05, 3.63) is 0 Å². The molecule has 98 valence electrons. The van der Waals surface area contributed by atoms with Crippen LogP contribution in [-0.2, 0) is 4.79 Å². The molecule has 0 aromatic carbocycles. The molecule has 0 aliphatic heterocycles. The molecule has 0 unspecified atom stereocenters. The smallest absolute Gasteiger partial charge is 0.314 e. The average Bonchev–Trinajstić information content (AvgIpc) is 2.75. The van der Waals surface area contributed by atoms with Crippen LogP contribution < -0.4 is 10.6 Å². The zero-order valence-corrected chi connectivity index (χ0v) is 10.4. The van der Waals surface area contributed by atoms with E-state index in [1.165, 1.54) is 25.7 Å². The van der Waals surface area contributed by atoms with Crippen molar-refractivity contribution in [3.8, 4) is 0 Å². The van der Waals surface area contributed by atoms with E-state index in [0.29, 0.717) is 6.54 Å². The number of nitrogens with one attached hydrogen (secondary N) is 2. The number of hydrogen-bond donors (Lipinski definition) is 3. The SMILES string of the molecule is CCC1(CNC(=O)NCCC(=O)O)CCCC1. The molecule has 2 amide bonds. The lowest BCUT2D eigenvalue weighted by atomic mass is 9.83. The Balaban J connectivity index is 2.20. The van der Waals surface area contributed by atoms with E-state index >= 15 is 0 Å². The van der Waals surface area contributed by atoms with Gasteiger partial charge in [0.1, 0.15) is 0 Å². The van der Waals surface area contributed by atoms with Crippen LogP contribution in [0.25, 0.3) is 0 Å². The van der Waals surface area contributed by atoms with Crippen molar-refractivity contribution in [2.24, 2.45) is 5.41 Å². The van der Waals surface area contributed by atoms with Gasteiger partial charge in [-0.05, 0) is 24.7 Å². The fraction of sp³-hybridized carbons (Fsp3) is 0.833. The lowest BCUT2D eigenvalue weighted by molar-refractivity contribution is -0.136. The molecule has 1 saturated carbocycles. The molecular formula is C12H22N2O3. The van der Waals surface area contributed by atoms with Gasteiger partial charge >= 0.3 is 12.0 Å². The largest absolute Gasteiger partial charge is 0.481 e. The van der Waals surface area contributed by atoms with Crippen molar-refractivity contribution in [1.29, 1.82) is 0 Å². The second kappa shape index (κ2) is 6.47. The van der Waals surface area contributed by atoms with E-state index in [1.807, 2.05) is 0 Å². The molecule has 5 nitrogen and oxygen atoms in total. The van der Waals surface area contributed by atoms with Crippen LogP contribution in [0, 0.1) is 5.41 Å². The third-order valence-corrected chi connectivity index (χ3v) is 3.66. The summed E-state index contributed by atoms with van der Waals surface area (Å²) in [6.07, 6.45) is 5.90. The van der Waals surface area contributed by atoms with E-state index in [0.717, 1.165) is 6.42 Å². The van der Waals surface area contributed by atoms with Crippen LogP contribution in [0.5, 0.6) is 0 Å². The van der Waals surface area contributed by atoms with Gasteiger partial charge in [0.2, 0.25) is 0 Å². The first-order valence-electron chi connectivity index (χ1n) is 6.31. The molecule has 1 aliphatic rings. The lowest BCUT2D eigenvalue weighted by Crippen LogP contribution is -2.42. The minimum absolute atomic E-state index is 0.0354. The molecule has 0 spiro atoms. The van der Waals surface area contributed by atoms with Gasteiger partial charge in [0.05, 0.1) is 6.42 Å². The monoisotopic (exact) mass is 242 g/mol. The molecular weight excluding hydrogens is 220 g/mol. The summed E-state index contributed by atoms with van der Waals surface area (Å²) in [5.41, 5.74) is 0.268. The highest BCUT2D eigenvalue weighted by molar-refractivity contribution is 5.75. The van der Waals surface area contributed by atoms with Crippen LogP contribution >= 0.6 is 0 Å². The van der Waals surface area contributed by atoms with Crippen LogP contribution in [-0.4, -0.2) is 30.2 Å². The maximum Gasteiger partial charge on any atom is 0.314 e. The first-order valence-corrected chi connectivity index (χ1v) is 6.31. The summed E-state index contributed by atoms with van der Waals surface area (Å²) in [6, 6.07) is -0.258. The maximum absolute atomic E-state index is 11.4. The summed E-state index contributed by atoms with van der Waals surface area (Å²) in [5, 5.41) is 13.8. The number of hydrogen-bond acceptors (Lipinski definition) is 2. The summed E-state index contributed by atoms with van der Waals surface area (Å²) in [7, 11) is 0. The van der Waals surface area contributed by atoms with Crippen LogP contribution in [0.1, 0.15) is 45.4 Å². The van der Waals surface area contributed by atoms with Crippen LogP contribution in [0.15, 0.2) is 0 Å². The average molecular weight is 242 g/mol. The number of rotatable bonds is 6. The fourth-order valence-electron chi connectivity index (χ4n) is 2.39. The topological polar surface area (TPSA) is 78.4 Å². The Kier molecular flexibility index (Phi) is 5.25. The van der Waals surface area contributed by atoms with Gasteiger partial charge in [0.25, 0.3) is 0 Å². The summed E-state index contributed by atoms with van der Waals surface area (Å²) in [4.78, 5) is 21.7. The highest BCUT2D eigenvalue weighted by Crippen LogP contribution is 2.40. The maximum atomic E-state index is 11.4. The van der Waals surface area contributed by atoms with Crippen molar-refractivity contribution in [3.63, 3.8) is 0 Å². The molecule has 1 rings (SSSR count). The third-order valence-electron chi connectivity index (χ3n) is 3.66. The highest BCUT2D eigenvalue weighted by atomic mass is 16.4. The van der Waals surface area contributed by atoms with E-state index in [4.69, 9.17) is 5.11 Å². The molecule has 0 aromatic rings. The van der Waals surface area contributed by atoms with Gasteiger partial charge in [-0.15, -0.1) is 0 Å². The second-order valence-corrected chi connectivity index (χ2v) is 4.81. The van der Waals surface area contributed by atoms with Crippen LogP contribution in [0.3, 0.4) is 0 Å². The number of urea groups is 1. The Labute approximate surface area is 102 Å². The molecule has 0 aromatic heterocycles. The van der Waals surface area contributed by atoms with Gasteiger partial charge in [-0.25, -0.2) is 4.79 Å². The molecule has 0 saturated heterocycles. The van der Waals surface area contributed by atoms with E-state index in [1.54, 1.807) is 0 Å². The van der Waals surface area contributed by atoms with Gasteiger partial charge in [0, 0.05) is 13.1 Å². The molecule has 5 heteroatoms. The summed E-state index contributed by atoms with van der Waals surface area (Å²) >= 11 is 0. The number of carbonyl (C=O) groups is 2. The lowest BCUT2D eigenvalue weighted by Gasteiger charge is -2.27.